The third kappa shape index (κ3) is 4.46. The lowest BCUT2D eigenvalue weighted by Gasteiger charge is -2.08. The van der Waals surface area contributed by atoms with Gasteiger partial charge in [-0.25, -0.2) is 4.79 Å². The summed E-state index contributed by atoms with van der Waals surface area (Å²) in [5.41, 5.74) is 3.40. The molecule has 0 saturated heterocycles. The number of anilines is 2. The maximum absolute atomic E-state index is 12.1. The number of hydrogen-bond acceptors (Lipinski definition) is 3. The van der Waals surface area contributed by atoms with Crippen LogP contribution in [0.5, 0.6) is 0 Å². The lowest BCUT2D eigenvalue weighted by molar-refractivity contribution is 0.0473. The molecule has 24 heavy (non-hydrogen) atoms. The van der Waals surface area contributed by atoms with Crippen LogP contribution < -0.4 is 5.32 Å². The highest BCUT2D eigenvalue weighted by Crippen LogP contribution is 2.20. The van der Waals surface area contributed by atoms with E-state index in [9.17, 15) is 4.79 Å². The van der Waals surface area contributed by atoms with E-state index < -0.39 is 0 Å². The highest BCUT2D eigenvalue weighted by Gasteiger charge is 2.07. The van der Waals surface area contributed by atoms with Gasteiger partial charge in [0.05, 0.1) is 5.56 Å². The van der Waals surface area contributed by atoms with Gasteiger partial charge in [0.2, 0.25) is 0 Å². The van der Waals surface area contributed by atoms with Gasteiger partial charge in [-0.3, -0.25) is 0 Å². The molecule has 3 aromatic rings. The summed E-state index contributed by atoms with van der Waals surface area (Å²) in [5.74, 6) is -0.325. The zero-order valence-corrected chi connectivity index (χ0v) is 14.5. The van der Waals surface area contributed by atoms with Gasteiger partial charge in [-0.1, -0.05) is 46.3 Å². The van der Waals surface area contributed by atoms with E-state index in [0.717, 1.165) is 21.4 Å². The third-order valence-electron chi connectivity index (χ3n) is 3.47. The Morgan fingerprint density at radius 3 is 2.04 bits per heavy atom. The average Bonchev–Trinajstić information content (AvgIpc) is 2.63. The fourth-order valence-corrected chi connectivity index (χ4v) is 2.46. The minimum absolute atomic E-state index is 0.276. The van der Waals surface area contributed by atoms with Crippen LogP contribution in [0.15, 0.2) is 83.3 Å². The van der Waals surface area contributed by atoms with Crippen LogP contribution in [0.2, 0.25) is 0 Å². The van der Waals surface area contributed by atoms with Crippen molar-refractivity contribution in [3.8, 4) is 0 Å². The number of nitrogens with one attached hydrogen (secondary N) is 1. The van der Waals surface area contributed by atoms with E-state index in [1.54, 1.807) is 12.1 Å². The molecule has 0 amide bonds. The van der Waals surface area contributed by atoms with Gasteiger partial charge >= 0.3 is 5.97 Å². The summed E-state index contributed by atoms with van der Waals surface area (Å²) in [6, 6.07) is 24.8. The number of benzene rings is 3. The fraction of sp³-hybridized carbons (Fsp3) is 0.0500. The number of halogens is 1. The zero-order chi connectivity index (χ0) is 16.8. The maximum Gasteiger partial charge on any atom is 0.338 e. The Kier molecular flexibility index (Phi) is 5.29. The Morgan fingerprint density at radius 2 is 1.42 bits per heavy atom. The third-order valence-corrected chi connectivity index (χ3v) is 3.99. The van der Waals surface area contributed by atoms with E-state index in [1.807, 2.05) is 66.7 Å². The molecule has 3 rings (SSSR count). The van der Waals surface area contributed by atoms with Gasteiger partial charge in [0, 0.05) is 15.8 Å². The van der Waals surface area contributed by atoms with Crippen LogP contribution in [0.4, 0.5) is 11.4 Å². The summed E-state index contributed by atoms with van der Waals surface area (Å²) in [4.78, 5) is 12.1. The summed E-state index contributed by atoms with van der Waals surface area (Å²) in [6.07, 6.45) is 0. The van der Waals surface area contributed by atoms with Crippen molar-refractivity contribution in [2.75, 3.05) is 5.32 Å². The first-order valence-electron chi connectivity index (χ1n) is 7.54. The van der Waals surface area contributed by atoms with Crippen molar-refractivity contribution < 1.29 is 9.53 Å². The molecule has 0 spiro atoms. The molecule has 3 nitrogen and oxygen atoms in total. The van der Waals surface area contributed by atoms with E-state index in [0.29, 0.717) is 5.56 Å². The minimum Gasteiger partial charge on any atom is -0.457 e. The molecular weight excluding hydrogens is 366 g/mol. The quantitative estimate of drug-likeness (QED) is 0.588. The first kappa shape index (κ1) is 16.3. The van der Waals surface area contributed by atoms with Crippen molar-refractivity contribution >= 4 is 33.3 Å². The summed E-state index contributed by atoms with van der Waals surface area (Å²) in [7, 11) is 0. The molecule has 0 aliphatic heterocycles. The average molecular weight is 382 g/mol. The summed E-state index contributed by atoms with van der Waals surface area (Å²) >= 11 is 3.41. The lowest BCUT2D eigenvalue weighted by Crippen LogP contribution is -2.05. The number of hydrogen-bond donors (Lipinski definition) is 1. The van der Waals surface area contributed by atoms with Crippen molar-refractivity contribution in [3.05, 3.63) is 94.5 Å². The molecule has 3 aromatic carbocycles. The monoisotopic (exact) mass is 381 g/mol. The van der Waals surface area contributed by atoms with Crippen LogP contribution in [-0.2, 0) is 11.3 Å². The number of rotatable bonds is 5. The molecular formula is C20H16BrNO2. The molecule has 0 radical (unpaired) electrons. The number of esters is 1. The Morgan fingerprint density at radius 1 is 0.833 bits per heavy atom. The SMILES string of the molecule is O=C(OCc1ccccc1)c1ccc(Nc2ccc(Br)cc2)cc1. The van der Waals surface area contributed by atoms with Crippen LogP contribution >= 0.6 is 15.9 Å². The van der Waals surface area contributed by atoms with Gasteiger partial charge in [0.25, 0.3) is 0 Å². The van der Waals surface area contributed by atoms with E-state index in [2.05, 4.69) is 21.2 Å². The Balaban J connectivity index is 1.59. The zero-order valence-electron chi connectivity index (χ0n) is 12.9. The van der Waals surface area contributed by atoms with E-state index in [4.69, 9.17) is 4.74 Å². The largest absolute Gasteiger partial charge is 0.457 e. The van der Waals surface area contributed by atoms with E-state index in [1.165, 1.54) is 0 Å². The predicted octanol–water partition coefficient (Wildman–Crippen LogP) is 5.55. The van der Waals surface area contributed by atoms with Crippen molar-refractivity contribution in [1.29, 1.82) is 0 Å². The van der Waals surface area contributed by atoms with Crippen LogP contribution in [0.25, 0.3) is 0 Å². The summed E-state index contributed by atoms with van der Waals surface area (Å²) < 4.78 is 6.35. The molecule has 0 unspecified atom stereocenters. The second kappa shape index (κ2) is 7.79. The van der Waals surface area contributed by atoms with Crippen molar-refractivity contribution in [2.24, 2.45) is 0 Å². The van der Waals surface area contributed by atoms with E-state index >= 15 is 0 Å². The Bertz CT molecular complexity index is 799. The molecule has 0 heterocycles. The topological polar surface area (TPSA) is 38.3 Å². The molecule has 0 atom stereocenters. The van der Waals surface area contributed by atoms with Gasteiger partial charge in [-0.2, -0.15) is 0 Å². The normalized spacial score (nSPS) is 10.2. The van der Waals surface area contributed by atoms with Crippen LogP contribution in [0, 0.1) is 0 Å². The highest BCUT2D eigenvalue weighted by atomic mass is 79.9. The van der Waals surface area contributed by atoms with Crippen LogP contribution in [0.1, 0.15) is 15.9 Å². The van der Waals surface area contributed by atoms with Crippen molar-refractivity contribution in [3.63, 3.8) is 0 Å². The maximum atomic E-state index is 12.1. The smallest absolute Gasteiger partial charge is 0.338 e. The van der Waals surface area contributed by atoms with Crippen LogP contribution in [-0.4, -0.2) is 5.97 Å². The minimum atomic E-state index is -0.325. The second-order valence-corrected chi connectivity index (χ2v) is 6.19. The molecule has 0 saturated carbocycles. The van der Waals surface area contributed by atoms with Gasteiger partial charge in [0.15, 0.2) is 0 Å². The molecule has 0 aliphatic carbocycles. The summed E-state index contributed by atoms with van der Waals surface area (Å²) in [6.45, 7) is 0.276. The highest BCUT2D eigenvalue weighted by molar-refractivity contribution is 9.10. The standard InChI is InChI=1S/C20H16BrNO2/c21-17-8-12-19(13-9-17)22-18-10-6-16(7-11-18)20(23)24-14-15-4-2-1-3-5-15/h1-13,22H,14H2. The molecule has 0 fully saturated rings. The molecule has 4 heteroatoms. The molecule has 0 bridgehead atoms. The van der Waals surface area contributed by atoms with Gasteiger partial charge < -0.3 is 10.1 Å². The number of carbonyl (C=O) groups excluding carboxylic acids is 1. The molecule has 0 aliphatic rings. The van der Waals surface area contributed by atoms with E-state index in [-0.39, 0.29) is 12.6 Å². The number of carbonyl (C=O) groups is 1. The van der Waals surface area contributed by atoms with Crippen molar-refractivity contribution in [2.45, 2.75) is 6.61 Å². The first-order valence-corrected chi connectivity index (χ1v) is 8.34. The molecule has 120 valence electrons. The van der Waals surface area contributed by atoms with Gasteiger partial charge in [0.1, 0.15) is 6.61 Å². The Hall–Kier alpha value is -2.59. The predicted molar refractivity (Wildman–Crippen MR) is 99.4 cm³/mol. The lowest BCUT2D eigenvalue weighted by atomic mass is 10.2. The molecule has 1 N–H and O–H groups in total. The Labute approximate surface area is 149 Å². The summed E-state index contributed by atoms with van der Waals surface area (Å²) in [5, 5.41) is 3.28. The second-order valence-electron chi connectivity index (χ2n) is 5.27. The number of ether oxygens (including phenoxy) is 1. The fourth-order valence-electron chi connectivity index (χ4n) is 2.20. The van der Waals surface area contributed by atoms with Crippen molar-refractivity contribution in [1.82, 2.24) is 0 Å². The van der Waals surface area contributed by atoms with Gasteiger partial charge in [-0.15, -0.1) is 0 Å². The first-order chi connectivity index (χ1) is 11.7. The van der Waals surface area contributed by atoms with Gasteiger partial charge in [-0.05, 0) is 54.1 Å². The van der Waals surface area contributed by atoms with Crippen LogP contribution in [0.3, 0.4) is 0 Å². The molecule has 0 aromatic heterocycles.